The van der Waals surface area contributed by atoms with Gasteiger partial charge in [-0.2, -0.15) is 4.39 Å². The molecule has 21 heavy (non-hydrogen) atoms. The van der Waals surface area contributed by atoms with E-state index in [1.165, 1.54) is 11.6 Å². The third kappa shape index (κ3) is 4.56. The van der Waals surface area contributed by atoms with E-state index in [0.29, 0.717) is 12.4 Å². The highest BCUT2D eigenvalue weighted by atomic mass is 19.1. The van der Waals surface area contributed by atoms with Gasteiger partial charge in [0.15, 0.2) is 0 Å². The van der Waals surface area contributed by atoms with Crippen LogP contribution in [0.5, 0.6) is 5.75 Å². The van der Waals surface area contributed by atoms with Crippen LogP contribution in [0.4, 0.5) is 10.1 Å². The van der Waals surface area contributed by atoms with Gasteiger partial charge in [-0.1, -0.05) is 30.3 Å². The summed E-state index contributed by atoms with van der Waals surface area (Å²) in [5.74, 6) is -0.556. The van der Waals surface area contributed by atoms with E-state index >= 15 is 0 Å². The SMILES string of the molecule is O=[N+]([O-])c1ccc(OCCCCc2ccccc2)cc1F. The Morgan fingerprint density at radius 1 is 1.10 bits per heavy atom. The molecule has 0 amide bonds. The molecule has 5 heteroatoms. The zero-order chi connectivity index (χ0) is 15.1. The third-order valence-electron chi connectivity index (χ3n) is 3.09. The van der Waals surface area contributed by atoms with Crippen LogP contribution in [-0.2, 0) is 6.42 Å². The Hall–Kier alpha value is -2.43. The summed E-state index contributed by atoms with van der Waals surface area (Å²) in [7, 11) is 0. The molecule has 0 N–H and O–H groups in total. The van der Waals surface area contributed by atoms with Crippen LogP contribution in [0, 0.1) is 15.9 Å². The van der Waals surface area contributed by atoms with Crippen molar-refractivity contribution in [3.05, 3.63) is 70.0 Å². The number of rotatable bonds is 7. The van der Waals surface area contributed by atoms with Crippen molar-refractivity contribution in [2.24, 2.45) is 0 Å². The van der Waals surface area contributed by atoms with E-state index in [1.807, 2.05) is 18.2 Å². The van der Waals surface area contributed by atoms with E-state index in [2.05, 4.69) is 12.1 Å². The number of benzene rings is 2. The van der Waals surface area contributed by atoms with Crippen LogP contribution in [0.25, 0.3) is 0 Å². The molecule has 110 valence electrons. The zero-order valence-electron chi connectivity index (χ0n) is 11.5. The lowest BCUT2D eigenvalue weighted by atomic mass is 10.1. The van der Waals surface area contributed by atoms with Crippen LogP contribution >= 0.6 is 0 Å². The lowest BCUT2D eigenvalue weighted by Crippen LogP contribution is -2.00. The maximum Gasteiger partial charge on any atom is 0.305 e. The summed E-state index contributed by atoms with van der Waals surface area (Å²) >= 11 is 0. The molecule has 0 heterocycles. The fourth-order valence-corrected chi connectivity index (χ4v) is 1.99. The molecule has 2 aromatic rings. The van der Waals surface area contributed by atoms with Gasteiger partial charge in [0.05, 0.1) is 11.5 Å². The maximum absolute atomic E-state index is 13.4. The maximum atomic E-state index is 13.4. The van der Waals surface area contributed by atoms with Gasteiger partial charge in [-0.3, -0.25) is 10.1 Å². The number of ether oxygens (including phenoxy) is 1. The number of nitrogens with zero attached hydrogens (tertiary/aromatic N) is 1. The molecule has 2 aromatic carbocycles. The van der Waals surface area contributed by atoms with E-state index in [-0.39, 0.29) is 0 Å². The Bertz CT molecular complexity index is 602. The molecule has 0 aliphatic rings. The summed E-state index contributed by atoms with van der Waals surface area (Å²) in [6.07, 6.45) is 2.78. The van der Waals surface area contributed by atoms with Gasteiger partial charge in [-0.05, 0) is 30.9 Å². The number of unbranched alkanes of at least 4 members (excludes halogenated alkanes) is 1. The van der Waals surface area contributed by atoms with Gasteiger partial charge in [0.25, 0.3) is 0 Å². The molecule has 0 aromatic heterocycles. The Kier molecular flexibility index (Phi) is 5.26. The highest BCUT2D eigenvalue weighted by Crippen LogP contribution is 2.22. The van der Waals surface area contributed by atoms with Crippen LogP contribution in [0.2, 0.25) is 0 Å². The van der Waals surface area contributed by atoms with Crippen molar-refractivity contribution in [2.45, 2.75) is 19.3 Å². The van der Waals surface area contributed by atoms with E-state index in [9.17, 15) is 14.5 Å². The Balaban J connectivity index is 1.74. The monoisotopic (exact) mass is 289 g/mol. The molecule has 0 saturated carbocycles. The van der Waals surface area contributed by atoms with Crippen molar-refractivity contribution in [1.29, 1.82) is 0 Å². The second-order valence-corrected chi connectivity index (χ2v) is 4.66. The van der Waals surface area contributed by atoms with Crippen molar-refractivity contribution in [1.82, 2.24) is 0 Å². The lowest BCUT2D eigenvalue weighted by molar-refractivity contribution is -0.387. The molecule has 0 saturated heterocycles. The fourth-order valence-electron chi connectivity index (χ4n) is 1.99. The quantitative estimate of drug-likeness (QED) is 0.437. The number of nitro groups is 1. The lowest BCUT2D eigenvalue weighted by Gasteiger charge is -2.06. The van der Waals surface area contributed by atoms with Gasteiger partial charge in [-0.25, -0.2) is 0 Å². The van der Waals surface area contributed by atoms with E-state index in [1.54, 1.807) is 0 Å². The zero-order valence-corrected chi connectivity index (χ0v) is 11.5. The van der Waals surface area contributed by atoms with E-state index in [0.717, 1.165) is 31.4 Å². The summed E-state index contributed by atoms with van der Waals surface area (Å²) in [4.78, 5) is 9.74. The first-order chi connectivity index (χ1) is 10.2. The number of hydrogen-bond donors (Lipinski definition) is 0. The van der Waals surface area contributed by atoms with E-state index < -0.39 is 16.4 Å². The van der Waals surface area contributed by atoms with Gasteiger partial charge in [0.1, 0.15) is 5.75 Å². The summed E-state index contributed by atoms with van der Waals surface area (Å²) in [6.45, 7) is 0.462. The van der Waals surface area contributed by atoms with Crippen LogP contribution in [0.1, 0.15) is 18.4 Å². The Labute approximate surface area is 122 Å². The predicted molar refractivity (Wildman–Crippen MR) is 77.9 cm³/mol. The van der Waals surface area contributed by atoms with Gasteiger partial charge < -0.3 is 4.74 Å². The molecular weight excluding hydrogens is 273 g/mol. The molecule has 0 unspecified atom stereocenters. The molecule has 0 bridgehead atoms. The first kappa shape index (κ1) is 15.0. The summed E-state index contributed by atoms with van der Waals surface area (Å²) in [5.41, 5.74) is 0.741. The number of nitro benzene ring substituents is 1. The second kappa shape index (κ2) is 7.38. The molecule has 0 spiro atoms. The smallest absolute Gasteiger partial charge is 0.305 e. The van der Waals surface area contributed by atoms with Crippen molar-refractivity contribution in [2.75, 3.05) is 6.61 Å². The number of hydrogen-bond acceptors (Lipinski definition) is 3. The van der Waals surface area contributed by atoms with Gasteiger partial charge in [0.2, 0.25) is 5.82 Å². The van der Waals surface area contributed by atoms with Gasteiger partial charge >= 0.3 is 5.69 Å². The van der Waals surface area contributed by atoms with Gasteiger partial charge in [-0.15, -0.1) is 0 Å². The minimum atomic E-state index is -0.873. The Morgan fingerprint density at radius 2 is 1.86 bits per heavy atom. The molecule has 0 atom stereocenters. The molecular formula is C16H16FNO3. The molecule has 2 rings (SSSR count). The summed E-state index contributed by atoms with van der Waals surface area (Å²) in [5, 5.41) is 10.5. The highest BCUT2D eigenvalue weighted by Gasteiger charge is 2.13. The summed E-state index contributed by atoms with van der Waals surface area (Å²) in [6, 6.07) is 13.7. The van der Waals surface area contributed by atoms with Gasteiger partial charge in [0, 0.05) is 12.1 Å². The molecule has 0 aliphatic heterocycles. The standard InChI is InChI=1S/C16H16FNO3/c17-15-12-14(9-10-16(15)18(19)20)21-11-5-4-8-13-6-2-1-3-7-13/h1-3,6-7,9-10,12H,4-5,8,11H2. The minimum Gasteiger partial charge on any atom is -0.493 e. The van der Waals surface area contributed by atoms with Crippen LogP contribution in [0.3, 0.4) is 0 Å². The topological polar surface area (TPSA) is 52.4 Å². The number of aryl methyl sites for hydroxylation is 1. The predicted octanol–water partition coefficient (Wildman–Crippen LogP) is 4.14. The first-order valence-corrected chi connectivity index (χ1v) is 6.77. The summed E-state index contributed by atoms with van der Waals surface area (Å²) < 4.78 is 18.8. The number of halogens is 1. The van der Waals surface area contributed by atoms with Crippen molar-refractivity contribution < 1.29 is 14.1 Å². The Morgan fingerprint density at radius 3 is 2.52 bits per heavy atom. The van der Waals surface area contributed by atoms with Crippen LogP contribution < -0.4 is 4.74 Å². The van der Waals surface area contributed by atoms with Crippen molar-refractivity contribution in [3.8, 4) is 5.75 Å². The normalized spacial score (nSPS) is 10.3. The third-order valence-corrected chi connectivity index (χ3v) is 3.09. The molecule has 0 radical (unpaired) electrons. The first-order valence-electron chi connectivity index (χ1n) is 6.77. The average molecular weight is 289 g/mol. The highest BCUT2D eigenvalue weighted by molar-refractivity contribution is 5.37. The largest absolute Gasteiger partial charge is 0.493 e. The van der Waals surface area contributed by atoms with Crippen LogP contribution in [0.15, 0.2) is 48.5 Å². The second-order valence-electron chi connectivity index (χ2n) is 4.66. The molecule has 4 nitrogen and oxygen atoms in total. The molecule has 0 fully saturated rings. The van der Waals surface area contributed by atoms with E-state index in [4.69, 9.17) is 4.74 Å². The average Bonchev–Trinajstić information content (AvgIpc) is 2.47. The van der Waals surface area contributed by atoms with Crippen LogP contribution in [-0.4, -0.2) is 11.5 Å². The minimum absolute atomic E-state index is 0.317. The van der Waals surface area contributed by atoms with Crippen molar-refractivity contribution >= 4 is 5.69 Å². The fraction of sp³-hybridized carbons (Fsp3) is 0.250. The molecule has 0 aliphatic carbocycles. The van der Waals surface area contributed by atoms with Crippen molar-refractivity contribution in [3.63, 3.8) is 0 Å².